The van der Waals surface area contributed by atoms with Crippen molar-refractivity contribution in [2.24, 2.45) is 0 Å². The zero-order valence-electron chi connectivity index (χ0n) is 15.7. The summed E-state index contributed by atoms with van der Waals surface area (Å²) in [6, 6.07) is 16.2. The van der Waals surface area contributed by atoms with Crippen molar-refractivity contribution in [1.82, 2.24) is 4.90 Å². The second kappa shape index (κ2) is 8.71. The molecule has 2 aromatic carbocycles. The van der Waals surface area contributed by atoms with Crippen molar-refractivity contribution in [2.75, 3.05) is 7.11 Å². The number of methoxy groups -OCH3 is 1. The van der Waals surface area contributed by atoms with Crippen LogP contribution in [0.3, 0.4) is 0 Å². The summed E-state index contributed by atoms with van der Waals surface area (Å²) in [5.74, 6) is 1.29. The molecular formula is C22H15BrClNO4S. The van der Waals surface area contributed by atoms with Gasteiger partial charge in [0.25, 0.3) is 11.1 Å². The van der Waals surface area contributed by atoms with Gasteiger partial charge < -0.3 is 9.15 Å². The van der Waals surface area contributed by atoms with E-state index in [0.29, 0.717) is 32.8 Å². The second-order valence-electron chi connectivity index (χ2n) is 6.44. The van der Waals surface area contributed by atoms with Crippen molar-refractivity contribution in [3.63, 3.8) is 0 Å². The largest absolute Gasteiger partial charge is 0.496 e. The van der Waals surface area contributed by atoms with Crippen molar-refractivity contribution in [1.29, 1.82) is 0 Å². The van der Waals surface area contributed by atoms with Gasteiger partial charge in [0.2, 0.25) is 0 Å². The van der Waals surface area contributed by atoms with Crippen LogP contribution in [-0.2, 0) is 11.3 Å². The van der Waals surface area contributed by atoms with Gasteiger partial charge in [-0.25, -0.2) is 0 Å². The average molecular weight is 505 g/mol. The quantitative estimate of drug-likeness (QED) is 0.366. The monoisotopic (exact) mass is 503 g/mol. The van der Waals surface area contributed by atoms with Gasteiger partial charge in [-0.05, 0) is 59.8 Å². The first-order chi connectivity index (χ1) is 14.4. The fraction of sp³-hybridized carbons (Fsp3) is 0.0909. The average Bonchev–Trinajstić information content (AvgIpc) is 3.30. The van der Waals surface area contributed by atoms with Crippen LogP contribution in [0.1, 0.15) is 11.3 Å². The van der Waals surface area contributed by atoms with Crippen molar-refractivity contribution in [3.05, 3.63) is 80.3 Å². The highest BCUT2D eigenvalue weighted by molar-refractivity contribution is 9.10. The van der Waals surface area contributed by atoms with Crippen LogP contribution in [0, 0.1) is 0 Å². The molecule has 0 bridgehead atoms. The molecule has 0 N–H and O–H groups in total. The molecular weight excluding hydrogens is 490 g/mol. The van der Waals surface area contributed by atoms with Crippen LogP contribution in [0.25, 0.3) is 17.4 Å². The van der Waals surface area contributed by atoms with Gasteiger partial charge in [-0.1, -0.05) is 39.7 Å². The van der Waals surface area contributed by atoms with Crippen molar-refractivity contribution < 1.29 is 18.7 Å². The number of amides is 2. The Labute approximate surface area is 190 Å². The number of hydrogen-bond acceptors (Lipinski definition) is 5. The number of thioether (sulfide) groups is 1. The molecule has 4 rings (SSSR count). The minimum atomic E-state index is -0.341. The van der Waals surface area contributed by atoms with E-state index >= 15 is 0 Å². The lowest BCUT2D eigenvalue weighted by Crippen LogP contribution is -2.27. The molecule has 0 atom stereocenters. The minimum Gasteiger partial charge on any atom is -0.496 e. The highest BCUT2D eigenvalue weighted by Crippen LogP contribution is 2.36. The van der Waals surface area contributed by atoms with Gasteiger partial charge in [-0.2, -0.15) is 0 Å². The van der Waals surface area contributed by atoms with E-state index in [0.717, 1.165) is 21.8 Å². The molecule has 0 unspecified atom stereocenters. The van der Waals surface area contributed by atoms with E-state index in [-0.39, 0.29) is 17.7 Å². The lowest BCUT2D eigenvalue weighted by Gasteiger charge is -2.12. The van der Waals surface area contributed by atoms with Gasteiger partial charge >= 0.3 is 0 Å². The van der Waals surface area contributed by atoms with E-state index in [2.05, 4.69) is 15.9 Å². The number of rotatable bonds is 5. The van der Waals surface area contributed by atoms with E-state index < -0.39 is 0 Å². The minimum absolute atomic E-state index is 0.221. The van der Waals surface area contributed by atoms with Gasteiger partial charge in [0, 0.05) is 15.6 Å². The number of carbonyl (C=O) groups is 2. The summed E-state index contributed by atoms with van der Waals surface area (Å²) < 4.78 is 12.2. The maximum absolute atomic E-state index is 12.7. The third-order valence-electron chi connectivity index (χ3n) is 4.45. The third kappa shape index (κ3) is 4.33. The van der Waals surface area contributed by atoms with E-state index in [1.807, 2.05) is 24.3 Å². The number of ether oxygens (including phenoxy) is 1. The number of carbonyl (C=O) groups excluding carboxylic acids is 2. The molecule has 1 fully saturated rings. The van der Waals surface area contributed by atoms with Gasteiger partial charge in [0.1, 0.15) is 17.3 Å². The number of furan rings is 1. The normalized spacial score (nSPS) is 15.3. The lowest BCUT2D eigenvalue weighted by atomic mass is 10.1. The van der Waals surface area contributed by atoms with Crippen LogP contribution in [0.2, 0.25) is 5.02 Å². The summed E-state index contributed by atoms with van der Waals surface area (Å²) >= 11 is 10.4. The Morgan fingerprint density at radius 2 is 1.90 bits per heavy atom. The fourth-order valence-corrected chi connectivity index (χ4v) is 4.24. The van der Waals surface area contributed by atoms with Gasteiger partial charge in [-0.3, -0.25) is 14.5 Å². The first-order valence-corrected chi connectivity index (χ1v) is 10.9. The number of nitrogens with zero attached hydrogens (tertiary/aromatic N) is 1. The first kappa shape index (κ1) is 20.8. The maximum atomic E-state index is 12.7. The second-order valence-corrected chi connectivity index (χ2v) is 8.79. The Kier molecular flexibility index (Phi) is 6.04. The molecule has 0 saturated carbocycles. The third-order valence-corrected chi connectivity index (χ3v) is 6.13. The molecule has 1 aliphatic rings. The summed E-state index contributed by atoms with van der Waals surface area (Å²) in [7, 11) is 1.57. The molecule has 30 heavy (non-hydrogen) atoms. The zero-order chi connectivity index (χ0) is 21.3. The van der Waals surface area contributed by atoms with Crippen LogP contribution >= 0.6 is 39.3 Å². The van der Waals surface area contributed by atoms with E-state index in [4.69, 9.17) is 20.8 Å². The lowest BCUT2D eigenvalue weighted by molar-refractivity contribution is -0.123. The number of benzene rings is 2. The first-order valence-electron chi connectivity index (χ1n) is 8.88. The number of halogens is 2. The van der Waals surface area contributed by atoms with Crippen LogP contribution in [-0.4, -0.2) is 23.2 Å². The van der Waals surface area contributed by atoms with Crippen molar-refractivity contribution >= 4 is 56.5 Å². The van der Waals surface area contributed by atoms with E-state index in [1.54, 1.807) is 43.5 Å². The van der Waals surface area contributed by atoms with Gasteiger partial charge in [0.05, 0.1) is 24.1 Å². The Hall–Kier alpha value is -2.48. The van der Waals surface area contributed by atoms with Crippen LogP contribution in [0.15, 0.2) is 68.4 Å². The molecule has 8 heteroatoms. The van der Waals surface area contributed by atoms with Crippen LogP contribution < -0.4 is 4.74 Å². The van der Waals surface area contributed by atoms with Gasteiger partial charge in [0.15, 0.2) is 0 Å². The van der Waals surface area contributed by atoms with E-state index in [9.17, 15) is 9.59 Å². The summed E-state index contributed by atoms with van der Waals surface area (Å²) in [6.07, 6.45) is 1.58. The molecule has 3 aromatic rings. The molecule has 152 valence electrons. The number of hydrogen-bond donors (Lipinski definition) is 0. The van der Waals surface area contributed by atoms with E-state index in [1.165, 1.54) is 4.90 Å². The Morgan fingerprint density at radius 1 is 1.13 bits per heavy atom. The maximum Gasteiger partial charge on any atom is 0.293 e. The Balaban J connectivity index is 1.56. The molecule has 2 amide bonds. The van der Waals surface area contributed by atoms with Crippen LogP contribution in [0.4, 0.5) is 4.79 Å². The molecule has 1 aliphatic heterocycles. The van der Waals surface area contributed by atoms with Crippen molar-refractivity contribution in [2.45, 2.75) is 6.54 Å². The summed E-state index contributed by atoms with van der Waals surface area (Å²) in [4.78, 5) is 26.6. The summed E-state index contributed by atoms with van der Waals surface area (Å²) in [6.45, 7) is 0.221. The highest BCUT2D eigenvalue weighted by Gasteiger charge is 2.35. The predicted octanol–water partition coefficient (Wildman–Crippen LogP) is 6.61. The molecule has 5 nitrogen and oxygen atoms in total. The van der Waals surface area contributed by atoms with Crippen LogP contribution in [0.5, 0.6) is 5.75 Å². The summed E-state index contributed by atoms with van der Waals surface area (Å²) in [5, 5.41) is 0.246. The predicted molar refractivity (Wildman–Crippen MR) is 121 cm³/mol. The highest BCUT2D eigenvalue weighted by atomic mass is 79.9. The molecule has 0 aliphatic carbocycles. The molecule has 0 radical (unpaired) electrons. The zero-order valence-corrected chi connectivity index (χ0v) is 18.9. The fourth-order valence-electron chi connectivity index (χ4n) is 2.99. The molecule has 0 spiro atoms. The Bertz CT molecular complexity index is 1160. The smallest absolute Gasteiger partial charge is 0.293 e. The van der Waals surface area contributed by atoms with Gasteiger partial charge in [-0.15, -0.1) is 0 Å². The molecule has 1 aromatic heterocycles. The topological polar surface area (TPSA) is 59.8 Å². The Morgan fingerprint density at radius 3 is 2.63 bits per heavy atom. The summed E-state index contributed by atoms with van der Waals surface area (Å²) in [5.41, 5.74) is 1.57. The standard InChI is InChI=1S/C22H15BrClNO4S/c1-28-18-8-6-15(24)10-17(18)19-9-7-16(29-19)11-20-21(26)25(22(27)30-20)12-13-2-4-14(23)5-3-13/h2-11H,12H2,1H3/b20-11+. The van der Waals surface area contributed by atoms with Crippen molar-refractivity contribution in [3.8, 4) is 17.1 Å². The SMILES string of the molecule is COc1ccc(Cl)cc1-c1ccc(/C=C2/SC(=O)N(Cc3ccc(Br)cc3)C2=O)o1. The number of imide groups is 1. The molecule has 1 saturated heterocycles. The molecule has 2 heterocycles.